The van der Waals surface area contributed by atoms with Crippen molar-refractivity contribution in [3.63, 3.8) is 0 Å². The summed E-state index contributed by atoms with van der Waals surface area (Å²) in [6.45, 7) is 5.38. The molecule has 0 bridgehead atoms. The summed E-state index contributed by atoms with van der Waals surface area (Å²) >= 11 is 0. The first-order valence-corrected chi connectivity index (χ1v) is 11.6. The Balaban J connectivity index is 4.54. The number of carboxylic acids is 1. The summed E-state index contributed by atoms with van der Waals surface area (Å²) in [5, 5.41) is 18.2. The number of alkyl halides is 1. The van der Waals surface area contributed by atoms with Crippen LogP contribution < -0.4 is 0 Å². The quantitative estimate of drug-likeness (QED) is 0.222. The number of aliphatic hydroxyl groups is 1. The van der Waals surface area contributed by atoms with Crippen molar-refractivity contribution >= 4 is 21.6 Å². The minimum atomic E-state index is -5.09. The Morgan fingerprint density at radius 3 is 2.21 bits per heavy atom. The van der Waals surface area contributed by atoms with Gasteiger partial charge in [0.15, 0.2) is 0 Å². The Morgan fingerprint density at radius 1 is 1.14 bits per heavy atom. The molecule has 13 heteroatoms. The molecule has 0 aliphatic heterocycles. The molecular weight excluding hydrogens is 433 g/mol. The molecule has 4 unspecified atom stereocenters. The van der Waals surface area contributed by atoms with E-state index in [9.17, 15) is 33.2 Å². The van der Waals surface area contributed by atoms with Gasteiger partial charge in [-0.1, -0.05) is 23.3 Å². The van der Waals surface area contributed by atoms with Crippen LogP contribution in [0.25, 0.3) is 0 Å². The van der Waals surface area contributed by atoms with Gasteiger partial charge in [0.1, 0.15) is 5.60 Å². The van der Waals surface area contributed by atoms with Crippen LogP contribution in [0.3, 0.4) is 0 Å². The van der Waals surface area contributed by atoms with E-state index in [1.54, 1.807) is 6.92 Å². The number of rotatable bonds is 14. The predicted molar refractivity (Wildman–Crippen MR) is 103 cm³/mol. The Morgan fingerprint density at radius 2 is 1.69 bits per heavy atom. The zero-order valence-corrected chi connectivity index (χ0v) is 18.6. The molecule has 0 aromatic rings. The van der Waals surface area contributed by atoms with Crippen LogP contribution in [0.2, 0.25) is 0 Å². The molecule has 4 N–H and O–H groups in total. The minimum Gasteiger partial charge on any atom is -0.479 e. The molecule has 0 aromatic carbocycles. The second-order valence-corrected chi connectivity index (χ2v) is 9.87. The summed E-state index contributed by atoms with van der Waals surface area (Å²) < 4.78 is 49.8. The van der Waals surface area contributed by atoms with Crippen LogP contribution in [-0.2, 0) is 27.3 Å². The van der Waals surface area contributed by atoms with E-state index < -0.39 is 46.4 Å². The van der Waals surface area contributed by atoms with Crippen LogP contribution in [0, 0.1) is 0 Å². The number of allylic oxidation sites excluding steroid dienone is 3. The minimum absolute atomic E-state index is 0.356. The topological polar surface area (TPSA) is 160 Å². The lowest BCUT2D eigenvalue weighted by atomic mass is 9.97. The Kier molecular flexibility index (Phi) is 11.7. The first-order chi connectivity index (χ1) is 13.1. The number of hydrogen-bond acceptors (Lipinski definition) is 7. The van der Waals surface area contributed by atoms with Crippen molar-refractivity contribution in [1.29, 1.82) is 0 Å². The maximum absolute atomic E-state index is 13.3. The maximum Gasteiger partial charge on any atom is 0.481 e. The summed E-state index contributed by atoms with van der Waals surface area (Å²) in [4.78, 5) is 29.5. The van der Waals surface area contributed by atoms with Gasteiger partial charge < -0.3 is 20.0 Å². The van der Waals surface area contributed by atoms with Gasteiger partial charge in [0.25, 0.3) is 0 Å². The normalized spacial score (nSPS) is 19.5. The average Bonchev–Trinajstić information content (AvgIpc) is 2.51. The van der Waals surface area contributed by atoms with Crippen molar-refractivity contribution < 1.29 is 51.7 Å². The highest BCUT2D eigenvalue weighted by atomic mass is 31.3. The van der Waals surface area contributed by atoms with Gasteiger partial charge >= 0.3 is 21.6 Å². The fourth-order valence-corrected chi connectivity index (χ4v) is 3.91. The standard InChI is InChI=1S/C16H29FO10P2/c1-12(2)6-5-7-13(3)8-10-25-28(21,22)27-29(23,24)26-11-9-16(4,20)14(17)15(18)19/h6,8,14,20H,5,7,9-11H2,1-4H3,(H,18,19)(H,21,22)(H,23,24)/b13-8+. The molecule has 0 fully saturated rings. The monoisotopic (exact) mass is 462 g/mol. The molecule has 4 atom stereocenters. The molecule has 0 saturated heterocycles. The molecular formula is C16H29FO10P2. The molecule has 170 valence electrons. The molecule has 0 rings (SSSR count). The molecule has 0 amide bonds. The molecule has 0 aliphatic carbocycles. The number of aliphatic carboxylic acids is 1. The fraction of sp³-hybridized carbons (Fsp3) is 0.688. The van der Waals surface area contributed by atoms with Gasteiger partial charge in [0.2, 0.25) is 6.17 Å². The van der Waals surface area contributed by atoms with Crippen LogP contribution >= 0.6 is 15.6 Å². The number of phosphoric acid groups is 2. The smallest absolute Gasteiger partial charge is 0.479 e. The fourth-order valence-electron chi connectivity index (χ4n) is 1.90. The second kappa shape index (κ2) is 12.1. The van der Waals surface area contributed by atoms with Gasteiger partial charge in [-0.2, -0.15) is 4.31 Å². The van der Waals surface area contributed by atoms with Crippen molar-refractivity contribution in [3.05, 3.63) is 23.3 Å². The molecule has 0 aliphatic rings. The zero-order valence-electron chi connectivity index (χ0n) is 16.8. The lowest BCUT2D eigenvalue weighted by Crippen LogP contribution is -2.42. The summed E-state index contributed by atoms with van der Waals surface area (Å²) in [6.07, 6.45) is 1.65. The molecule has 0 radical (unpaired) electrons. The van der Waals surface area contributed by atoms with Crippen molar-refractivity contribution in [2.75, 3.05) is 13.2 Å². The predicted octanol–water partition coefficient (Wildman–Crippen LogP) is 3.49. The van der Waals surface area contributed by atoms with E-state index in [1.807, 2.05) is 19.9 Å². The van der Waals surface area contributed by atoms with E-state index in [0.29, 0.717) is 6.42 Å². The van der Waals surface area contributed by atoms with E-state index in [4.69, 9.17) is 5.11 Å². The Hall–Kier alpha value is -0.900. The van der Waals surface area contributed by atoms with Gasteiger partial charge in [0.05, 0.1) is 13.2 Å². The van der Waals surface area contributed by atoms with Crippen LogP contribution in [-0.4, -0.2) is 51.0 Å². The van der Waals surface area contributed by atoms with Crippen LogP contribution in [0.5, 0.6) is 0 Å². The summed E-state index contributed by atoms with van der Waals surface area (Å²) in [7, 11) is -10.0. The van der Waals surface area contributed by atoms with E-state index >= 15 is 0 Å². The molecule has 0 aromatic heterocycles. The lowest BCUT2D eigenvalue weighted by Gasteiger charge is -2.24. The molecule has 29 heavy (non-hydrogen) atoms. The van der Waals surface area contributed by atoms with Gasteiger partial charge in [-0.3, -0.25) is 9.05 Å². The first-order valence-electron chi connectivity index (χ1n) is 8.62. The third-order valence-corrected chi connectivity index (χ3v) is 6.23. The first kappa shape index (κ1) is 28.1. The lowest BCUT2D eigenvalue weighted by molar-refractivity contribution is -0.153. The maximum atomic E-state index is 13.3. The molecule has 0 heterocycles. The zero-order chi connectivity index (χ0) is 22.9. The third kappa shape index (κ3) is 13.1. The number of phosphoric ester groups is 2. The van der Waals surface area contributed by atoms with Crippen molar-refractivity contribution in [2.24, 2.45) is 0 Å². The van der Waals surface area contributed by atoms with Gasteiger partial charge in [0, 0.05) is 6.42 Å². The van der Waals surface area contributed by atoms with E-state index in [0.717, 1.165) is 24.5 Å². The number of halogens is 1. The Bertz CT molecular complexity index is 700. The van der Waals surface area contributed by atoms with Crippen LogP contribution in [0.15, 0.2) is 23.3 Å². The highest BCUT2D eigenvalue weighted by Crippen LogP contribution is 2.60. The van der Waals surface area contributed by atoms with E-state index in [1.165, 1.54) is 6.08 Å². The highest BCUT2D eigenvalue weighted by Gasteiger charge is 2.40. The van der Waals surface area contributed by atoms with Crippen molar-refractivity contribution in [3.8, 4) is 0 Å². The van der Waals surface area contributed by atoms with Crippen LogP contribution in [0.4, 0.5) is 4.39 Å². The third-order valence-electron chi connectivity index (χ3n) is 3.59. The van der Waals surface area contributed by atoms with Gasteiger partial charge in [-0.25, -0.2) is 18.3 Å². The number of carbonyl (C=O) groups is 1. The molecule has 0 spiro atoms. The molecule has 10 nitrogen and oxygen atoms in total. The highest BCUT2D eigenvalue weighted by molar-refractivity contribution is 7.61. The van der Waals surface area contributed by atoms with Crippen molar-refractivity contribution in [2.45, 2.75) is 58.7 Å². The van der Waals surface area contributed by atoms with E-state index in [2.05, 4.69) is 13.4 Å². The van der Waals surface area contributed by atoms with Gasteiger partial charge in [-0.15, -0.1) is 0 Å². The second-order valence-electron chi connectivity index (χ2n) is 6.83. The van der Waals surface area contributed by atoms with Crippen molar-refractivity contribution in [1.82, 2.24) is 0 Å². The van der Waals surface area contributed by atoms with Crippen LogP contribution in [0.1, 0.15) is 47.0 Å². The Labute approximate surface area is 169 Å². The summed E-state index contributed by atoms with van der Waals surface area (Å²) in [6, 6.07) is 0. The molecule has 0 saturated carbocycles. The van der Waals surface area contributed by atoms with Gasteiger partial charge in [-0.05, 0) is 40.5 Å². The number of hydrogen-bond donors (Lipinski definition) is 4. The largest absolute Gasteiger partial charge is 0.481 e. The van der Waals surface area contributed by atoms with E-state index in [-0.39, 0.29) is 6.61 Å². The SMILES string of the molecule is CC(C)=CCC/C(C)=C/COP(=O)(O)OP(=O)(O)OCCC(C)(O)C(F)C(=O)O. The summed E-state index contributed by atoms with van der Waals surface area (Å²) in [5.41, 5.74) is -0.362. The average molecular weight is 462 g/mol. The summed E-state index contributed by atoms with van der Waals surface area (Å²) in [5.74, 6) is -1.92. The number of carboxylic acid groups (broad SMARTS) is 1.